The predicted octanol–water partition coefficient (Wildman–Crippen LogP) is 4.05. The molecule has 2 aromatic carbocycles. The molecule has 1 saturated heterocycles. The second kappa shape index (κ2) is 8.89. The molecule has 144 valence electrons. The van der Waals surface area contributed by atoms with Crippen LogP contribution in [-0.4, -0.2) is 28.5 Å². The minimum atomic E-state index is -0.345. The van der Waals surface area contributed by atoms with Crippen molar-refractivity contribution in [3.63, 3.8) is 0 Å². The molecule has 0 atom stereocenters. The molecule has 6 heteroatoms. The minimum absolute atomic E-state index is 0.0789. The number of nitrogens with one attached hydrogen (secondary N) is 1. The number of carbonyl (C=O) groups excluding carboxylic acids is 3. The van der Waals surface area contributed by atoms with E-state index in [1.54, 1.807) is 6.08 Å². The molecule has 3 rings (SSSR count). The lowest BCUT2D eigenvalue weighted by molar-refractivity contribution is -0.124. The Labute approximate surface area is 168 Å². The summed E-state index contributed by atoms with van der Waals surface area (Å²) in [5, 5.41) is 2.48. The Morgan fingerprint density at radius 1 is 1.07 bits per heavy atom. The topological polar surface area (TPSA) is 66.5 Å². The number of aryl methyl sites for hydroxylation is 2. The molecule has 1 aliphatic heterocycles. The molecule has 5 nitrogen and oxygen atoms in total. The first-order chi connectivity index (χ1) is 13.4. The van der Waals surface area contributed by atoms with E-state index in [1.165, 1.54) is 0 Å². The highest BCUT2D eigenvalue weighted by Crippen LogP contribution is 2.32. The molecule has 28 heavy (non-hydrogen) atoms. The molecule has 1 heterocycles. The van der Waals surface area contributed by atoms with Crippen molar-refractivity contribution in [3.8, 4) is 0 Å². The molecule has 3 amide bonds. The van der Waals surface area contributed by atoms with Gasteiger partial charge in [0.1, 0.15) is 0 Å². The van der Waals surface area contributed by atoms with E-state index in [1.807, 2.05) is 62.4 Å². The van der Waals surface area contributed by atoms with E-state index in [4.69, 9.17) is 0 Å². The standard InChI is InChI=1S/C22H22N2O3S/c1-15-6-8-17(9-7-15)14-23-20(25)10-11-24-21(26)19(28-22(24)27)13-18-5-3-4-16(2)12-18/h3-9,12-13H,10-11,14H2,1-2H3,(H,23,25)/b19-13+. The second-order valence-electron chi connectivity index (χ2n) is 6.76. The molecule has 0 spiro atoms. The number of amides is 3. The number of hydrogen-bond donors (Lipinski definition) is 1. The lowest BCUT2D eigenvalue weighted by atomic mass is 10.1. The molecular weight excluding hydrogens is 372 g/mol. The van der Waals surface area contributed by atoms with Crippen molar-refractivity contribution >= 4 is 34.9 Å². The predicted molar refractivity (Wildman–Crippen MR) is 111 cm³/mol. The average molecular weight is 394 g/mol. The summed E-state index contributed by atoms with van der Waals surface area (Å²) < 4.78 is 0. The fourth-order valence-electron chi connectivity index (χ4n) is 2.81. The van der Waals surface area contributed by atoms with Gasteiger partial charge in [0.2, 0.25) is 5.91 Å². The molecule has 0 unspecified atom stereocenters. The first kappa shape index (κ1) is 19.9. The maximum absolute atomic E-state index is 12.5. The van der Waals surface area contributed by atoms with Crippen molar-refractivity contribution in [2.75, 3.05) is 6.54 Å². The van der Waals surface area contributed by atoms with E-state index in [0.717, 1.165) is 38.9 Å². The van der Waals surface area contributed by atoms with Crippen LogP contribution in [0.25, 0.3) is 6.08 Å². The summed E-state index contributed by atoms with van der Waals surface area (Å²) in [5.41, 5.74) is 4.12. The molecule has 1 aliphatic rings. The van der Waals surface area contributed by atoms with Crippen LogP contribution in [0.5, 0.6) is 0 Å². The van der Waals surface area contributed by atoms with E-state index in [0.29, 0.717) is 11.4 Å². The Kier molecular flexibility index (Phi) is 6.31. The summed E-state index contributed by atoms with van der Waals surface area (Å²) in [7, 11) is 0. The van der Waals surface area contributed by atoms with E-state index in [2.05, 4.69) is 5.32 Å². The summed E-state index contributed by atoms with van der Waals surface area (Å²) in [6.45, 7) is 4.48. The number of hydrogen-bond acceptors (Lipinski definition) is 4. The molecule has 2 aromatic rings. The smallest absolute Gasteiger partial charge is 0.293 e. The maximum Gasteiger partial charge on any atom is 0.293 e. The minimum Gasteiger partial charge on any atom is -0.352 e. The van der Waals surface area contributed by atoms with Gasteiger partial charge in [-0.25, -0.2) is 0 Å². The maximum atomic E-state index is 12.5. The zero-order valence-electron chi connectivity index (χ0n) is 15.9. The van der Waals surface area contributed by atoms with Gasteiger partial charge in [0.15, 0.2) is 0 Å². The van der Waals surface area contributed by atoms with Gasteiger partial charge >= 0.3 is 0 Å². The number of carbonyl (C=O) groups is 3. The molecule has 0 radical (unpaired) electrons. The highest BCUT2D eigenvalue weighted by atomic mass is 32.2. The molecular formula is C22H22N2O3S. The van der Waals surface area contributed by atoms with Gasteiger partial charge in [-0.1, -0.05) is 59.7 Å². The zero-order valence-corrected chi connectivity index (χ0v) is 16.7. The van der Waals surface area contributed by atoms with Crippen LogP contribution in [0, 0.1) is 13.8 Å². The fraction of sp³-hybridized carbons (Fsp3) is 0.227. The molecule has 0 aliphatic carbocycles. The number of benzene rings is 2. The fourth-order valence-corrected chi connectivity index (χ4v) is 3.68. The van der Waals surface area contributed by atoms with Gasteiger partial charge in [0.05, 0.1) is 4.91 Å². The van der Waals surface area contributed by atoms with Crippen molar-refractivity contribution in [3.05, 3.63) is 75.7 Å². The average Bonchev–Trinajstić information content (AvgIpc) is 2.92. The Bertz CT molecular complexity index is 935. The summed E-state index contributed by atoms with van der Waals surface area (Å²) in [5.74, 6) is -0.537. The lowest BCUT2D eigenvalue weighted by Gasteiger charge is -2.12. The largest absolute Gasteiger partial charge is 0.352 e. The van der Waals surface area contributed by atoms with Crippen LogP contribution in [0.15, 0.2) is 53.4 Å². The first-order valence-electron chi connectivity index (χ1n) is 9.06. The van der Waals surface area contributed by atoms with E-state index in [9.17, 15) is 14.4 Å². The Balaban J connectivity index is 1.54. The van der Waals surface area contributed by atoms with Crippen molar-refractivity contribution in [2.24, 2.45) is 0 Å². The molecule has 1 fully saturated rings. The molecule has 0 bridgehead atoms. The van der Waals surface area contributed by atoms with Crippen LogP contribution < -0.4 is 5.32 Å². The lowest BCUT2D eigenvalue weighted by Crippen LogP contribution is -2.33. The van der Waals surface area contributed by atoms with Gasteiger partial charge in [0, 0.05) is 19.5 Å². The number of rotatable bonds is 6. The third-order valence-electron chi connectivity index (χ3n) is 4.39. The van der Waals surface area contributed by atoms with Gasteiger partial charge in [-0.2, -0.15) is 0 Å². The van der Waals surface area contributed by atoms with Gasteiger partial charge in [0.25, 0.3) is 11.1 Å². The third kappa shape index (κ3) is 5.10. The van der Waals surface area contributed by atoms with Crippen LogP contribution >= 0.6 is 11.8 Å². The highest BCUT2D eigenvalue weighted by molar-refractivity contribution is 8.18. The Hall–Kier alpha value is -2.86. The van der Waals surface area contributed by atoms with Crippen LogP contribution in [0.4, 0.5) is 4.79 Å². The quantitative estimate of drug-likeness (QED) is 0.751. The van der Waals surface area contributed by atoms with Gasteiger partial charge in [-0.3, -0.25) is 19.3 Å². The van der Waals surface area contributed by atoms with Gasteiger partial charge < -0.3 is 5.32 Å². The van der Waals surface area contributed by atoms with Crippen molar-refractivity contribution in [2.45, 2.75) is 26.8 Å². The monoisotopic (exact) mass is 394 g/mol. The molecule has 0 aromatic heterocycles. The second-order valence-corrected chi connectivity index (χ2v) is 7.75. The Morgan fingerprint density at radius 3 is 2.54 bits per heavy atom. The summed E-state index contributed by atoms with van der Waals surface area (Å²) >= 11 is 0.913. The van der Waals surface area contributed by atoms with Gasteiger partial charge in [-0.05, 0) is 42.8 Å². The summed E-state index contributed by atoms with van der Waals surface area (Å²) in [6, 6.07) is 15.6. The number of imide groups is 1. The number of nitrogens with zero attached hydrogens (tertiary/aromatic N) is 1. The van der Waals surface area contributed by atoms with Crippen molar-refractivity contribution in [1.29, 1.82) is 0 Å². The van der Waals surface area contributed by atoms with E-state index < -0.39 is 0 Å². The SMILES string of the molecule is Cc1ccc(CNC(=O)CCN2C(=O)S/C(=C/c3cccc(C)c3)C2=O)cc1. The summed E-state index contributed by atoms with van der Waals surface area (Å²) in [4.78, 5) is 38.3. The number of thioether (sulfide) groups is 1. The van der Waals surface area contributed by atoms with Crippen LogP contribution in [0.3, 0.4) is 0 Å². The molecule has 0 saturated carbocycles. The zero-order chi connectivity index (χ0) is 20.1. The van der Waals surface area contributed by atoms with Crippen molar-refractivity contribution in [1.82, 2.24) is 10.2 Å². The van der Waals surface area contributed by atoms with Crippen molar-refractivity contribution < 1.29 is 14.4 Å². The van der Waals surface area contributed by atoms with Gasteiger partial charge in [-0.15, -0.1) is 0 Å². The van der Waals surface area contributed by atoms with Crippen LogP contribution in [-0.2, 0) is 16.1 Å². The molecule has 1 N–H and O–H groups in total. The van der Waals surface area contributed by atoms with E-state index >= 15 is 0 Å². The summed E-state index contributed by atoms with van der Waals surface area (Å²) in [6.07, 6.45) is 1.80. The van der Waals surface area contributed by atoms with Crippen LogP contribution in [0.1, 0.15) is 28.7 Å². The van der Waals surface area contributed by atoms with E-state index in [-0.39, 0.29) is 30.0 Å². The Morgan fingerprint density at radius 2 is 1.82 bits per heavy atom. The highest BCUT2D eigenvalue weighted by Gasteiger charge is 2.34. The first-order valence-corrected chi connectivity index (χ1v) is 9.88. The third-order valence-corrected chi connectivity index (χ3v) is 5.29. The normalized spacial score (nSPS) is 15.4. The van der Waals surface area contributed by atoms with Crippen LogP contribution in [0.2, 0.25) is 0 Å².